The van der Waals surface area contributed by atoms with Gasteiger partial charge < -0.3 is 5.32 Å². The Hall–Kier alpha value is -7.10. The number of aliphatic imine (C=N–C) groups is 2. The van der Waals surface area contributed by atoms with E-state index < -0.39 is 6.17 Å². The summed E-state index contributed by atoms with van der Waals surface area (Å²) in [5.41, 5.74) is 12.9. The number of rotatable bonds is 5. The Morgan fingerprint density at radius 2 is 1.07 bits per heavy atom. The molecule has 1 aliphatic heterocycles. The van der Waals surface area contributed by atoms with Gasteiger partial charge in [-0.3, -0.25) is 0 Å². The molecule has 0 spiro atoms. The minimum absolute atomic E-state index is 0.179. The van der Waals surface area contributed by atoms with E-state index in [9.17, 15) is 0 Å². The average Bonchev–Trinajstić information content (AvgIpc) is 3.51. The summed E-state index contributed by atoms with van der Waals surface area (Å²) in [6, 6.07) is 67.8. The maximum absolute atomic E-state index is 5.59. The quantitative estimate of drug-likeness (QED) is 0.139. The van der Waals surface area contributed by atoms with Gasteiger partial charge in [-0.15, -0.1) is 0 Å². The highest BCUT2D eigenvalue weighted by atomic mass is 15.2. The van der Waals surface area contributed by atoms with Crippen LogP contribution in [0.15, 0.2) is 198 Å². The van der Waals surface area contributed by atoms with Crippen LogP contribution < -0.4 is 5.32 Å². The van der Waals surface area contributed by atoms with E-state index in [0.717, 1.165) is 50.0 Å². The highest BCUT2D eigenvalue weighted by Crippen LogP contribution is 2.52. The van der Waals surface area contributed by atoms with Gasteiger partial charge in [0.2, 0.25) is 0 Å². The number of hydrogen-bond acceptors (Lipinski definition) is 3. The summed E-state index contributed by atoms with van der Waals surface area (Å²) in [4.78, 5) is 11.2. The fourth-order valence-corrected chi connectivity index (χ4v) is 9.53. The summed E-state index contributed by atoms with van der Waals surface area (Å²) in [5, 5.41) is 11.0. The third-order valence-corrected chi connectivity index (χ3v) is 12.1. The van der Waals surface area contributed by atoms with Crippen molar-refractivity contribution >= 4 is 44.0 Å². The first kappa shape index (κ1) is 33.3. The van der Waals surface area contributed by atoms with E-state index in [-0.39, 0.29) is 5.41 Å². The van der Waals surface area contributed by atoms with Crippen molar-refractivity contribution in [3.05, 3.63) is 216 Å². The summed E-state index contributed by atoms with van der Waals surface area (Å²) in [5.74, 6) is 1.52. The lowest BCUT2D eigenvalue weighted by Gasteiger charge is -2.28. The molecule has 0 bridgehead atoms. The molecule has 0 amide bonds. The van der Waals surface area contributed by atoms with Crippen LogP contribution in [0.25, 0.3) is 65.7 Å². The number of hydrogen-bond donors (Lipinski definition) is 1. The number of fused-ring (bicyclic) bond motifs is 7. The van der Waals surface area contributed by atoms with Crippen LogP contribution in [-0.4, -0.2) is 11.7 Å². The lowest BCUT2D eigenvalue weighted by Crippen LogP contribution is -2.34. The van der Waals surface area contributed by atoms with E-state index in [4.69, 9.17) is 9.98 Å². The molecule has 0 saturated carbocycles. The van der Waals surface area contributed by atoms with Gasteiger partial charge in [0.1, 0.15) is 12.0 Å². The van der Waals surface area contributed by atoms with E-state index in [1.54, 1.807) is 0 Å². The highest BCUT2D eigenvalue weighted by molar-refractivity contribution is 6.27. The molecule has 1 N–H and O–H groups in total. The zero-order valence-electron chi connectivity index (χ0n) is 31.9. The fourth-order valence-electron chi connectivity index (χ4n) is 9.53. The van der Waals surface area contributed by atoms with Crippen molar-refractivity contribution in [1.82, 2.24) is 5.32 Å². The molecule has 1 aliphatic carbocycles. The standard InChI is InChI=1S/C54H39N3/c1-54(2)48-30-15-14-25-41(48)44-29-16-28-43(50(44)54)40-24-11-13-27-46(40)52-55-51(45-26-12-10-21-37(45)34-17-4-3-5-18-34)56-53(57-52)49-39-23-9-7-20-36(39)33-47-38-22-8-6-19-35(38)31-32-42(47)49/h3-33,51H,1-2H3,(H,55,56,57). The van der Waals surface area contributed by atoms with Gasteiger partial charge in [-0.2, -0.15) is 0 Å². The van der Waals surface area contributed by atoms with E-state index in [0.29, 0.717) is 5.84 Å². The Morgan fingerprint density at radius 3 is 1.89 bits per heavy atom. The third kappa shape index (κ3) is 5.27. The van der Waals surface area contributed by atoms with E-state index in [1.165, 1.54) is 49.4 Å². The van der Waals surface area contributed by atoms with E-state index in [2.05, 4.69) is 207 Å². The number of benzene rings is 9. The Kier molecular flexibility index (Phi) is 7.58. The lowest BCUT2D eigenvalue weighted by atomic mass is 9.78. The van der Waals surface area contributed by atoms with Crippen LogP contribution in [-0.2, 0) is 5.41 Å². The van der Waals surface area contributed by atoms with Gasteiger partial charge >= 0.3 is 0 Å². The van der Waals surface area contributed by atoms with Gasteiger partial charge in [0, 0.05) is 22.1 Å². The molecular weight excluding hydrogens is 691 g/mol. The molecule has 3 heteroatoms. The van der Waals surface area contributed by atoms with Gasteiger partial charge in [0.25, 0.3) is 0 Å². The van der Waals surface area contributed by atoms with Crippen molar-refractivity contribution in [2.45, 2.75) is 25.4 Å². The van der Waals surface area contributed by atoms with E-state index >= 15 is 0 Å². The second kappa shape index (κ2) is 13.0. The summed E-state index contributed by atoms with van der Waals surface area (Å²) in [6.07, 6.45) is -0.409. The molecule has 1 atom stereocenters. The zero-order valence-corrected chi connectivity index (χ0v) is 31.9. The van der Waals surface area contributed by atoms with Gasteiger partial charge in [-0.1, -0.05) is 196 Å². The number of amidine groups is 2. The van der Waals surface area contributed by atoms with Crippen LogP contribution >= 0.6 is 0 Å². The predicted molar refractivity (Wildman–Crippen MR) is 239 cm³/mol. The summed E-state index contributed by atoms with van der Waals surface area (Å²) >= 11 is 0. The van der Waals surface area contributed by atoms with Crippen LogP contribution in [0.1, 0.15) is 47.8 Å². The topological polar surface area (TPSA) is 36.8 Å². The largest absolute Gasteiger partial charge is 0.344 e. The van der Waals surface area contributed by atoms with E-state index in [1.807, 2.05) is 0 Å². The zero-order chi connectivity index (χ0) is 38.1. The molecular formula is C54H39N3. The third-order valence-electron chi connectivity index (χ3n) is 12.1. The molecule has 57 heavy (non-hydrogen) atoms. The Morgan fingerprint density at radius 1 is 0.456 bits per heavy atom. The average molecular weight is 730 g/mol. The fraction of sp³-hybridized carbons (Fsp3) is 0.0741. The van der Waals surface area contributed by atoms with Gasteiger partial charge in [0.05, 0.1) is 0 Å². The van der Waals surface area contributed by atoms with Crippen molar-refractivity contribution < 1.29 is 0 Å². The van der Waals surface area contributed by atoms with Crippen LogP contribution in [0, 0.1) is 0 Å². The maximum atomic E-state index is 5.59. The first-order chi connectivity index (χ1) is 28.0. The molecule has 0 fully saturated rings. The molecule has 270 valence electrons. The molecule has 1 unspecified atom stereocenters. The molecule has 0 saturated heterocycles. The predicted octanol–water partition coefficient (Wildman–Crippen LogP) is 13.3. The molecule has 1 heterocycles. The van der Waals surface area contributed by atoms with Crippen LogP contribution in [0.3, 0.4) is 0 Å². The SMILES string of the molecule is CC1(C)c2ccccc2-c2cccc(-c3ccccc3C3=NC(c4ccccc4-c4ccccc4)NC(c4c5ccccc5cc5c4ccc4ccccc45)=N3)c21. The van der Waals surface area contributed by atoms with Crippen LogP contribution in [0.4, 0.5) is 0 Å². The molecule has 11 rings (SSSR count). The summed E-state index contributed by atoms with van der Waals surface area (Å²) in [6.45, 7) is 4.71. The van der Waals surface area contributed by atoms with Crippen molar-refractivity contribution in [3.63, 3.8) is 0 Å². The Bertz CT molecular complexity index is 3130. The van der Waals surface area contributed by atoms with Crippen molar-refractivity contribution in [2.24, 2.45) is 9.98 Å². The van der Waals surface area contributed by atoms with Gasteiger partial charge in [-0.25, -0.2) is 9.98 Å². The molecule has 2 aliphatic rings. The Labute approximate surface area is 332 Å². The molecule has 3 nitrogen and oxygen atoms in total. The minimum atomic E-state index is -0.409. The number of nitrogens with zero attached hydrogens (tertiary/aromatic N) is 2. The van der Waals surface area contributed by atoms with Gasteiger partial charge in [-0.05, 0) is 82.9 Å². The molecule has 0 aromatic heterocycles. The van der Waals surface area contributed by atoms with Crippen LogP contribution in [0.2, 0.25) is 0 Å². The Balaban J connectivity index is 1.18. The first-order valence-electron chi connectivity index (χ1n) is 19.8. The van der Waals surface area contributed by atoms with Gasteiger partial charge in [0.15, 0.2) is 5.84 Å². The normalized spacial score (nSPS) is 15.5. The molecule has 9 aromatic rings. The van der Waals surface area contributed by atoms with Crippen molar-refractivity contribution in [2.75, 3.05) is 0 Å². The maximum Gasteiger partial charge on any atom is 0.160 e. The lowest BCUT2D eigenvalue weighted by molar-refractivity contribution is 0.662. The van der Waals surface area contributed by atoms with Crippen molar-refractivity contribution in [1.29, 1.82) is 0 Å². The monoisotopic (exact) mass is 729 g/mol. The first-order valence-corrected chi connectivity index (χ1v) is 19.8. The molecule has 0 radical (unpaired) electrons. The highest BCUT2D eigenvalue weighted by Gasteiger charge is 2.38. The number of nitrogens with one attached hydrogen (secondary N) is 1. The van der Waals surface area contributed by atoms with Crippen LogP contribution in [0.5, 0.6) is 0 Å². The second-order valence-corrected chi connectivity index (χ2v) is 15.7. The smallest absolute Gasteiger partial charge is 0.160 e. The van der Waals surface area contributed by atoms with Crippen molar-refractivity contribution in [3.8, 4) is 33.4 Å². The summed E-state index contributed by atoms with van der Waals surface area (Å²) < 4.78 is 0. The second-order valence-electron chi connectivity index (χ2n) is 15.7. The minimum Gasteiger partial charge on any atom is -0.344 e. The molecule has 9 aromatic carbocycles. The summed E-state index contributed by atoms with van der Waals surface area (Å²) in [7, 11) is 0.